The van der Waals surface area contributed by atoms with Crippen LogP contribution < -0.4 is 5.73 Å². The summed E-state index contributed by atoms with van der Waals surface area (Å²) < 4.78 is 0. The van der Waals surface area contributed by atoms with Gasteiger partial charge in [0.25, 0.3) is 5.69 Å². The van der Waals surface area contributed by atoms with Gasteiger partial charge in [-0.3, -0.25) is 15.1 Å². The second-order valence-corrected chi connectivity index (χ2v) is 5.10. The minimum Gasteiger partial charge on any atom is -0.330 e. The number of nitrogens with zero attached hydrogens (tertiary/aromatic N) is 2. The largest absolute Gasteiger partial charge is 0.330 e. The molecule has 0 aliphatic rings. The molecule has 104 valence electrons. The predicted molar refractivity (Wildman–Crippen MR) is 77.4 cm³/mol. The van der Waals surface area contributed by atoms with Crippen LogP contribution in [0, 0.1) is 10.1 Å². The molecule has 20 heavy (non-hydrogen) atoms. The summed E-state index contributed by atoms with van der Waals surface area (Å²) in [4.78, 5) is 14.5. The lowest BCUT2D eigenvalue weighted by Crippen LogP contribution is -2.34. The van der Waals surface area contributed by atoms with Gasteiger partial charge in [0.15, 0.2) is 0 Å². The van der Waals surface area contributed by atoms with Gasteiger partial charge < -0.3 is 5.73 Å². The first-order chi connectivity index (χ1) is 9.55. The van der Waals surface area contributed by atoms with Gasteiger partial charge in [0.1, 0.15) is 0 Å². The van der Waals surface area contributed by atoms with Crippen LogP contribution in [0.25, 0.3) is 0 Å². The first-order valence-corrected chi connectivity index (χ1v) is 6.39. The Labute approximate surface area is 117 Å². The van der Waals surface area contributed by atoms with Crippen molar-refractivity contribution in [3.8, 4) is 0 Å². The van der Waals surface area contributed by atoms with E-state index < -0.39 is 0 Å². The average molecular weight is 271 g/mol. The highest BCUT2D eigenvalue weighted by atomic mass is 16.6. The maximum atomic E-state index is 10.9. The molecule has 0 saturated heterocycles. The highest BCUT2D eigenvalue weighted by Crippen LogP contribution is 2.29. The summed E-state index contributed by atoms with van der Waals surface area (Å²) in [6, 6.07) is 10.6. The van der Waals surface area contributed by atoms with Gasteiger partial charge in [-0.25, -0.2) is 0 Å². The molecule has 0 saturated carbocycles. The van der Waals surface area contributed by atoms with E-state index in [2.05, 4.69) is 4.98 Å². The number of non-ortho nitro benzene ring substituents is 1. The van der Waals surface area contributed by atoms with E-state index in [0.29, 0.717) is 13.0 Å². The van der Waals surface area contributed by atoms with Gasteiger partial charge >= 0.3 is 0 Å². The number of hydrogen-bond acceptors (Lipinski definition) is 4. The highest BCUT2D eigenvalue weighted by molar-refractivity contribution is 5.39. The number of nitrogens with two attached hydrogens (primary N) is 1. The monoisotopic (exact) mass is 271 g/mol. The zero-order valence-electron chi connectivity index (χ0n) is 11.3. The van der Waals surface area contributed by atoms with E-state index in [4.69, 9.17) is 5.73 Å². The molecule has 0 spiro atoms. The van der Waals surface area contributed by atoms with Gasteiger partial charge in [0.05, 0.1) is 4.92 Å². The van der Waals surface area contributed by atoms with Crippen molar-refractivity contribution in [3.05, 3.63) is 70.0 Å². The molecule has 0 aliphatic heterocycles. The van der Waals surface area contributed by atoms with Crippen LogP contribution in [0.4, 0.5) is 5.69 Å². The Morgan fingerprint density at radius 2 is 2.00 bits per heavy atom. The van der Waals surface area contributed by atoms with Gasteiger partial charge in [-0.1, -0.05) is 19.1 Å². The molecular formula is C15H17N3O2. The van der Waals surface area contributed by atoms with E-state index in [0.717, 1.165) is 11.1 Å². The SMILES string of the molecule is CC(CN)(Cc1ccncc1)c1cccc([N+](=O)[O-])c1. The lowest BCUT2D eigenvalue weighted by Gasteiger charge is -2.28. The van der Waals surface area contributed by atoms with Crippen molar-refractivity contribution in [2.75, 3.05) is 6.54 Å². The van der Waals surface area contributed by atoms with Crippen LogP contribution in [0.1, 0.15) is 18.1 Å². The molecule has 0 radical (unpaired) electrons. The van der Waals surface area contributed by atoms with Crippen molar-refractivity contribution in [1.82, 2.24) is 4.98 Å². The third-order valence-corrected chi connectivity index (χ3v) is 3.55. The van der Waals surface area contributed by atoms with E-state index in [-0.39, 0.29) is 16.0 Å². The number of nitro benzene ring substituents is 1. The van der Waals surface area contributed by atoms with Crippen LogP contribution in [0.2, 0.25) is 0 Å². The summed E-state index contributed by atoms with van der Waals surface area (Å²) in [5.41, 5.74) is 7.67. The Bertz CT molecular complexity index is 601. The first kappa shape index (κ1) is 14.1. The van der Waals surface area contributed by atoms with Gasteiger partial charge in [0.2, 0.25) is 0 Å². The molecular weight excluding hydrogens is 254 g/mol. The fraction of sp³-hybridized carbons (Fsp3) is 0.267. The zero-order valence-corrected chi connectivity index (χ0v) is 11.3. The quantitative estimate of drug-likeness (QED) is 0.669. The topological polar surface area (TPSA) is 82.0 Å². The zero-order chi connectivity index (χ0) is 14.6. The second-order valence-electron chi connectivity index (χ2n) is 5.10. The van der Waals surface area contributed by atoms with Crippen molar-refractivity contribution in [2.45, 2.75) is 18.8 Å². The Balaban J connectivity index is 2.35. The van der Waals surface area contributed by atoms with Crippen LogP contribution in [0.15, 0.2) is 48.8 Å². The molecule has 0 aliphatic carbocycles. The van der Waals surface area contributed by atoms with E-state index in [1.807, 2.05) is 25.1 Å². The summed E-state index contributed by atoms with van der Waals surface area (Å²) in [7, 11) is 0. The van der Waals surface area contributed by atoms with Crippen LogP contribution in [-0.4, -0.2) is 16.5 Å². The lowest BCUT2D eigenvalue weighted by atomic mass is 9.77. The minimum atomic E-state index is -0.382. The third kappa shape index (κ3) is 3.00. The Kier molecular flexibility index (Phi) is 4.10. The summed E-state index contributed by atoms with van der Waals surface area (Å²) in [5, 5.41) is 10.9. The van der Waals surface area contributed by atoms with Crippen LogP contribution in [0.3, 0.4) is 0 Å². The van der Waals surface area contributed by atoms with Gasteiger partial charge in [-0.15, -0.1) is 0 Å². The Morgan fingerprint density at radius 3 is 2.60 bits per heavy atom. The Hall–Kier alpha value is -2.27. The number of nitro groups is 1. The van der Waals surface area contributed by atoms with Crippen molar-refractivity contribution in [3.63, 3.8) is 0 Å². The third-order valence-electron chi connectivity index (χ3n) is 3.55. The predicted octanol–water partition coefficient (Wildman–Crippen LogP) is 2.45. The molecule has 0 bridgehead atoms. The van der Waals surface area contributed by atoms with E-state index in [1.165, 1.54) is 6.07 Å². The Morgan fingerprint density at radius 1 is 1.30 bits per heavy atom. The van der Waals surface area contributed by atoms with Crippen molar-refractivity contribution in [2.24, 2.45) is 5.73 Å². The molecule has 2 aromatic rings. The molecule has 1 atom stereocenters. The number of hydrogen-bond donors (Lipinski definition) is 1. The van der Waals surface area contributed by atoms with Crippen LogP contribution in [0.5, 0.6) is 0 Å². The van der Waals surface area contributed by atoms with Crippen LogP contribution >= 0.6 is 0 Å². The van der Waals surface area contributed by atoms with Crippen molar-refractivity contribution in [1.29, 1.82) is 0 Å². The smallest absolute Gasteiger partial charge is 0.269 e. The molecule has 2 N–H and O–H groups in total. The van der Waals surface area contributed by atoms with E-state index >= 15 is 0 Å². The average Bonchev–Trinajstić information content (AvgIpc) is 2.48. The summed E-state index contributed by atoms with van der Waals surface area (Å²) in [6.45, 7) is 2.43. The number of benzene rings is 1. The van der Waals surface area contributed by atoms with Gasteiger partial charge in [-0.05, 0) is 29.7 Å². The fourth-order valence-electron chi connectivity index (χ4n) is 2.24. The molecule has 1 aromatic carbocycles. The maximum absolute atomic E-state index is 10.9. The first-order valence-electron chi connectivity index (χ1n) is 6.39. The summed E-state index contributed by atoms with van der Waals surface area (Å²) in [6.07, 6.45) is 4.19. The van der Waals surface area contributed by atoms with Crippen molar-refractivity contribution >= 4 is 5.69 Å². The molecule has 1 aromatic heterocycles. The molecule has 5 heteroatoms. The van der Waals surface area contributed by atoms with Gasteiger partial charge in [-0.2, -0.15) is 0 Å². The van der Waals surface area contributed by atoms with Crippen molar-refractivity contribution < 1.29 is 4.92 Å². The lowest BCUT2D eigenvalue weighted by molar-refractivity contribution is -0.385. The highest BCUT2D eigenvalue weighted by Gasteiger charge is 2.27. The number of rotatable bonds is 5. The minimum absolute atomic E-state index is 0.0944. The fourth-order valence-corrected chi connectivity index (χ4v) is 2.24. The standard InChI is InChI=1S/C15H17N3O2/c1-15(11-16,10-12-5-7-17-8-6-12)13-3-2-4-14(9-13)18(19)20/h2-9H,10-11,16H2,1H3. The van der Waals surface area contributed by atoms with Gasteiger partial charge in [0, 0.05) is 36.5 Å². The molecule has 1 unspecified atom stereocenters. The molecule has 0 amide bonds. The second kappa shape index (κ2) is 5.79. The maximum Gasteiger partial charge on any atom is 0.269 e. The molecule has 5 nitrogen and oxygen atoms in total. The number of pyridine rings is 1. The molecule has 0 fully saturated rings. The summed E-state index contributed by atoms with van der Waals surface area (Å²) in [5.74, 6) is 0. The number of aromatic nitrogens is 1. The van der Waals surface area contributed by atoms with E-state index in [9.17, 15) is 10.1 Å². The van der Waals surface area contributed by atoms with Crippen LogP contribution in [-0.2, 0) is 11.8 Å². The van der Waals surface area contributed by atoms with E-state index in [1.54, 1.807) is 24.5 Å². The normalized spacial score (nSPS) is 13.7. The molecule has 2 rings (SSSR count). The molecule has 1 heterocycles. The summed E-state index contributed by atoms with van der Waals surface area (Å²) >= 11 is 0.